The van der Waals surface area contributed by atoms with Crippen molar-refractivity contribution in [2.24, 2.45) is 5.14 Å². The molecule has 1 aromatic rings. The summed E-state index contributed by atoms with van der Waals surface area (Å²) in [6.45, 7) is -0.153. The molecule has 0 bridgehead atoms. The summed E-state index contributed by atoms with van der Waals surface area (Å²) in [5.41, 5.74) is 0.162. The van der Waals surface area contributed by atoms with Crippen molar-refractivity contribution in [2.45, 2.75) is 23.9 Å². The van der Waals surface area contributed by atoms with Gasteiger partial charge in [0.2, 0.25) is 10.0 Å². The first kappa shape index (κ1) is 17.2. The molecule has 118 valence electrons. The number of primary sulfonamides is 1. The standard InChI is InChI=1S/C11H14F3N3O3S/c12-11(13,14)5-2-6-16-10(18)17-8-3-1-4-9(7-8)21(15,19)20/h1,3-4,7H,2,5-6H2,(H2,15,19,20)(H2,16,17,18). The van der Waals surface area contributed by atoms with Gasteiger partial charge >= 0.3 is 12.2 Å². The largest absolute Gasteiger partial charge is 0.389 e. The Morgan fingerprint density at radius 1 is 1.29 bits per heavy atom. The summed E-state index contributed by atoms with van der Waals surface area (Å²) in [6.07, 6.45) is -5.50. The molecule has 0 unspecified atom stereocenters. The van der Waals surface area contributed by atoms with E-state index in [2.05, 4.69) is 10.6 Å². The van der Waals surface area contributed by atoms with Crippen molar-refractivity contribution < 1.29 is 26.4 Å². The van der Waals surface area contributed by atoms with Crippen LogP contribution in [0.25, 0.3) is 0 Å². The zero-order chi connectivity index (χ0) is 16.1. The van der Waals surface area contributed by atoms with Crippen molar-refractivity contribution in [3.63, 3.8) is 0 Å². The van der Waals surface area contributed by atoms with Gasteiger partial charge in [0.15, 0.2) is 0 Å². The van der Waals surface area contributed by atoms with Gasteiger partial charge in [-0.1, -0.05) is 6.07 Å². The molecule has 10 heteroatoms. The van der Waals surface area contributed by atoms with E-state index in [1.165, 1.54) is 18.2 Å². The fourth-order valence-electron chi connectivity index (χ4n) is 1.42. The first-order valence-electron chi connectivity index (χ1n) is 5.82. The Bertz CT molecular complexity index is 602. The molecule has 2 amide bonds. The van der Waals surface area contributed by atoms with Crippen LogP contribution in [0.3, 0.4) is 0 Å². The first-order valence-corrected chi connectivity index (χ1v) is 7.37. The molecule has 6 nitrogen and oxygen atoms in total. The monoisotopic (exact) mass is 325 g/mol. The predicted octanol–water partition coefficient (Wildman–Crippen LogP) is 1.80. The third-order valence-electron chi connectivity index (χ3n) is 2.34. The molecule has 0 heterocycles. The number of nitrogens with one attached hydrogen (secondary N) is 2. The van der Waals surface area contributed by atoms with Crippen LogP contribution >= 0.6 is 0 Å². The number of anilines is 1. The lowest BCUT2D eigenvalue weighted by atomic mass is 10.3. The summed E-state index contributed by atoms with van der Waals surface area (Å²) < 4.78 is 57.9. The van der Waals surface area contributed by atoms with Crippen molar-refractivity contribution in [3.8, 4) is 0 Å². The summed E-state index contributed by atoms with van der Waals surface area (Å²) >= 11 is 0. The highest BCUT2D eigenvalue weighted by molar-refractivity contribution is 7.89. The lowest BCUT2D eigenvalue weighted by Crippen LogP contribution is -2.30. The minimum Gasteiger partial charge on any atom is -0.338 e. The van der Waals surface area contributed by atoms with Crippen LogP contribution in [0.15, 0.2) is 29.2 Å². The van der Waals surface area contributed by atoms with E-state index in [1.54, 1.807) is 0 Å². The number of halogens is 3. The molecule has 0 fully saturated rings. The number of benzene rings is 1. The second-order valence-electron chi connectivity index (χ2n) is 4.17. The number of sulfonamides is 1. The number of alkyl halides is 3. The van der Waals surface area contributed by atoms with Crippen LogP contribution in [0.4, 0.5) is 23.7 Å². The normalized spacial score (nSPS) is 12.0. The van der Waals surface area contributed by atoms with E-state index in [1.807, 2.05) is 0 Å². The summed E-state index contributed by atoms with van der Waals surface area (Å²) in [4.78, 5) is 11.2. The Hall–Kier alpha value is -1.81. The summed E-state index contributed by atoms with van der Waals surface area (Å²) in [6, 6.07) is 4.46. The lowest BCUT2D eigenvalue weighted by Gasteiger charge is -2.09. The number of hydrogen-bond donors (Lipinski definition) is 3. The van der Waals surface area contributed by atoms with E-state index < -0.39 is 28.7 Å². The highest BCUT2D eigenvalue weighted by atomic mass is 32.2. The smallest absolute Gasteiger partial charge is 0.338 e. The fourth-order valence-corrected chi connectivity index (χ4v) is 1.98. The van der Waals surface area contributed by atoms with Gasteiger partial charge in [-0.3, -0.25) is 0 Å². The van der Waals surface area contributed by atoms with E-state index in [4.69, 9.17) is 5.14 Å². The molecule has 0 aliphatic heterocycles. The van der Waals surface area contributed by atoms with Crippen LogP contribution in [0.1, 0.15) is 12.8 Å². The molecule has 0 aliphatic rings. The van der Waals surface area contributed by atoms with Crippen molar-refractivity contribution in [1.82, 2.24) is 5.32 Å². The number of carbonyl (C=O) groups is 1. The zero-order valence-electron chi connectivity index (χ0n) is 10.8. The van der Waals surface area contributed by atoms with Gasteiger partial charge in [0.1, 0.15) is 0 Å². The average Bonchev–Trinajstić information content (AvgIpc) is 2.33. The Balaban J connectivity index is 2.49. The predicted molar refractivity (Wildman–Crippen MR) is 70.1 cm³/mol. The minimum atomic E-state index is -4.26. The third-order valence-corrected chi connectivity index (χ3v) is 3.25. The van der Waals surface area contributed by atoms with Gasteiger partial charge in [-0.05, 0) is 24.6 Å². The SMILES string of the molecule is NS(=O)(=O)c1cccc(NC(=O)NCCCC(F)(F)F)c1. The number of urea groups is 1. The van der Waals surface area contributed by atoms with Crippen molar-refractivity contribution in [3.05, 3.63) is 24.3 Å². The van der Waals surface area contributed by atoms with Crippen LogP contribution < -0.4 is 15.8 Å². The molecule has 1 rings (SSSR count). The average molecular weight is 325 g/mol. The number of rotatable bonds is 5. The van der Waals surface area contributed by atoms with Gasteiger partial charge < -0.3 is 10.6 Å². The maximum atomic E-state index is 11.9. The van der Waals surface area contributed by atoms with E-state index >= 15 is 0 Å². The number of nitrogens with two attached hydrogens (primary N) is 1. The molecule has 0 aromatic heterocycles. The van der Waals surface area contributed by atoms with E-state index in [9.17, 15) is 26.4 Å². The number of amides is 2. The minimum absolute atomic E-state index is 0.153. The molecule has 0 aliphatic carbocycles. The summed E-state index contributed by atoms with van der Waals surface area (Å²) in [7, 11) is -3.90. The van der Waals surface area contributed by atoms with Crippen LogP contribution in [0, 0.1) is 0 Å². The van der Waals surface area contributed by atoms with Crippen molar-refractivity contribution >= 4 is 21.7 Å². The van der Waals surface area contributed by atoms with Gasteiger partial charge in [-0.25, -0.2) is 18.4 Å². The van der Waals surface area contributed by atoms with Gasteiger partial charge in [0.05, 0.1) is 4.90 Å². The lowest BCUT2D eigenvalue weighted by molar-refractivity contribution is -0.135. The Labute approximate surface area is 119 Å². The molecule has 0 radical (unpaired) electrons. The highest BCUT2D eigenvalue weighted by Crippen LogP contribution is 2.20. The van der Waals surface area contributed by atoms with E-state index in [0.717, 1.165) is 6.07 Å². The first-order chi connectivity index (χ1) is 9.58. The molecular formula is C11H14F3N3O3S. The highest BCUT2D eigenvalue weighted by Gasteiger charge is 2.25. The molecule has 1 aromatic carbocycles. The molecule has 0 atom stereocenters. The van der Waals surface area contributed by atoms with Gasteiger partial charge in [-0.15, -0.1) is 0 Å². The van der Waals surface area contributed by atoms with E-state index in [-0.39, 0.29) is 23.5 Å². The second-order valence-corrected chi connectivity index (χ2v) is 5.73. The molecule has 0 saturated carbocycles. The summed E-state index contributed by atoms with van der Waals surface area (Å²) in [5.74, 6) is 0. The Morgan fingerprint density at radius 3 is 2.52 bits per heavy atom. The maximum Gasteiger partial charge on any atom is 0.389 e. The molecule has 4 N–H and O–H groups in total. The Kier molecular flexibility index (Phi) is 5.55. The molecule has 0 saturated heterocycles. The zero-order valence-corrected chi connectivity index (χ0v) is 11.6. The second kappa shape index (κ2) is 6.76. The quantitative estimate of drug-likeness (QED) is 0.719. The van der Waals surface area contributed by atoms with Crippen molar-refractivity contribution in [2.75, 3.05) is 11.9 Å². The van der Waals surface area contributed by atoms with Crippen LogP contribution in [0.2, 0.25) is 0 Å². The topological polar surface area (TPSA) is 101 Å². The van der Waals surface area contributed by atoms with E-state index in [0.29, 0.717) is 0 Å². The molecular weight excluding hydrogens is 311 g/mol. The van der Waals surface area contributed by atoms with Crippen molar-refractivity contribution in [1.29, 1.82) is 0 Å². The number of carbonyl (C=O) groups excluding carboxylic acids is 1. The van der Waals surface area contributed by atoms with Gasteiger partial charge in [-0.2, -0.15) is 13.2 Å². The van der Waals surface area contributed by atoms with Crippen LogP contribution in [-0.2, 0) is 10.0 Å². The number of hydrogen-bond acceptors (Lipinski definition) is 3. The van der Waals surface area contributed by atoms with Gasteiger partial charge in [0, 0.05) is 18.7 Å². The third kappa shape index (κ3) is 6.95. The van der Waals surface area contributed by atoms with Crippen LogP contribution in [-0.4, -0.2) is 27.2 Å². The molecule has 21 heavy (non-hydrogen) atoms. The molecule has 0 spiro atoms. The summed E-state index contributed by atoms with van der Waals surface area (Å²) in [5, 5.41) is 9.46. The van der Waals surface area contributed by atoms with Gasteiger partial charge in [0.25, 0.3) is 0 Å². The maximum absolute atomic E-state index is 11.9. The fraction of sp³-hybridized carbons (Fsp3) is 0.364. The Morgan fingerprint density at radius 2 is 1.95 bits per heavy atom. The van der Waals surface area contributed by atoms with Crippen LogP contribution in [0.5, 0.6) is 0 Å².